The molecule has 23 heavy (non-hydrogen) atoms. The summed E-state index contributed by atoms with van der Waals surface area (Å²) in [5, 5.41) is 8.84. The maximum absolute atomic E-state index is 13.8. The van der Waals surface area contributed by atoms with E-state index in [1.165, 1.54) is 13.0 Å². The Morgan fingerprint density at radius 2 is 2.00 bits per heavy atom. The largest absolute Gasteiger partial charge is 0.375 e. The number of aryl methyl sites for hydroxylation is 1. The summed E-state index contributed by atoms with van der Waals surface area (Å²) in [6.45, 7) is 3.42. The first-order valence-electron chi connectivity index (χ1n) is 7.31. The SMILES string of the molecule is CCCCc1nc(CNc2cc(NC(C)=O)c(F)cc2F)no1. The summed E-state index contributed by atoms with van der Waals surface area (Å²) in [7, 11) is 0. The van der Waals surface area contributed by atoms with Gasteiger partial charge < -0.3 is 15.2 Å². The normalized spacial score (nSPS) is 10.6. The number of aromatic nitrogens is 2. The highest BCUT2D eigenvalue weighted by Gasteiger charge is 2.12. The van der Waals surface area contributed by atoms with E-state index in [-0.39, 0.29) is 17.9 Å². The number of unbranched alkanes of at least 4 members (excludes halogenated alkanes) is 1. The van der Waals surface area contributed by atoms with Crippen molar-refractivity contribution in [3.05, 3.63) is 35.5 Å². The molecular weight excluding hydrogens is 306 g/mol. The van der Waals surface area contributed by atoms with E-state index < -0.39 is 17.5 Å². The molecule has 0 aliphatic rings. The lowest BCUT2D eigenvalue weighted by Crippen LogP contribution is -2.10. The predicted octanol–water partition coefficient (Wildman–Crippen LogP) is 3.26. The maximum atomic E-state index is 13.8. The molecule has 1 amide bonds. The predicted molar refractivity (Wildman–Crippen MR) is 80.9 cm³/mol. The van der Waals surface area contributed by atoms with Crippen molar-refractivity contribution in [2.75, 3.05) is 10.6 Å². The van der Waals surface area contributed by atoms with E-state index in [4.69, 9.17) is 4.52 Å². The van der Waals surface area contributed by atoms with Crippen LogP contribution in [-0.4, -0.2) is 16.0 Å². The maximum Gasteiger partial charge on any atom is 0.226 e. The first-order valence-corrected chi connectivity index (χ1v) is 7.31. The van der Waals surface area contributed by atoms with E-state index in [9.17, 15) is 13.6 Å². The third-order valence-corrected chi connectivity index (χ3v) is 3.06. The van der Waals surface area contributed by atoms with Gasteiger partial charge in [-0.3, -0.25) is 4.79 Å². The second-order valence-electron chi connectivity index (χ2n) is 5.05. The summed E-state index contributed by atoms with van der Waals surface area (Å²) >= 11 is 0. The Morgan fingerprint density at radius 3 is 2.70 bits per heavy atom. The molecule has 0 saturated carbocycles. The van der Waals surface area contributed by atoms with Crippen LogP contribution in [0.3, 0.4) is 0 Å². The van der Waals surface area contributed by atoms with Crippen LogP contribution in [0.25, 0.3) is 0 Å². The molecule has 2 N–H and O–H groups in total. The van der Waals surface area contributed by atoms with Crippen molar-refractivity contribution in [1.29, 1.82) is 0 Å². The van der Waals surface area contributed by atoms with E-state index in [1.807, 2.05) is 0 Å². The quantitative estimate of drug-likeness (QED) is 0.817. The van der Waals surface area contributed by atoms with Crippen LogP contribution in [0, 0.1) is 11.6 Å². The molecular formula is C15H18F2N4O2. The van der Waals surface area contributed by atoms with Crippen LogP contribution in [0.15, 0.2) is 16.7 Å². The molecule has 0 unspecified atom stereocenters. The lowest BCUT2D eigenvalue weighted by Gasteiger charge is -2.09. The van der Waals surface area contributed by atoms with Crippen molar-refractivity contribution in [3.63, 3.8) is 0 Å². The van der Waals surface area contributed by atoms with Crippen molar-refractivity contribution in [2.24, 2.45) is 0 Å². The van der Waals surface area contributed by atoms with Crippen molar-refractivity contribution in [3.8, 4) is 0 Å². The number of halogens is 2. The summed E-state index contributed by atoms with van der Waals surface area (Å²) in [4.78, 5) is 15.2. The monoisotopic (exact) mass is 324 g/mol. The molecule has 0 atom stereocenters. The zero-order chi connectivity index (χ0) is 16.8. The zero-order valence-corrected chi connectivity index (χ0v) is 12.9. The Labute approximate surface area is 132 Å². The van der Waals surface area contributed by atoms with Crippen LogP contribution in [0.1, 0.15) is 38.4 Å². The van der Waals surface area contributed by atoms with Crippen molar-refractivity contribution in [2.45, 2.75) is 39.7 Å². The third kappa shape index (κ3) is 4.73. The minimum Gasteiger partial charge on any atom is -0.375 e. The highest BCUT2D eigenvalue weighted by Crippen LogP contribution is 2.23. The van der Waals surface area contributed by atoms with Gasteiger partial charge in [0, 0.05) is 19.4 Å². The first-order chi connectivity index (χ1) is 11.0. The Morgan fingerprint density at radius 1 is 1.26 bits per heavy atom. The fraction of sp³-hybridized carbons (Fsp3) is 0.400. The van der Waals surface area contributed by atoms with Gasteiger partial charge in [0.2, 0.25) is 11.8 Å². The van der Waals surface area contributed by atoms with Gasteiger partial charge in [-0.1, -0.05) is 18.5 Å². The molecule has 1 aromatic carbocycles. The second-order valence-corrected chi connectivity index (χ2v) is 5.05. The Hall–Kier alpha value is -2.51. The molecule has 0 radical (unpaired) electrons. The van der Waals surface area contributed by atoms with Gasteiger partial charge in [-0.05, 0) is 12.5 Å². The molecule has 0 spiro atoms. The number of hydrogen-bond donors (Lipinski definition) is 2. The van der Waals surface area contributed by atoms with Crippen LogP contribution in [-0.2, 0) is 17.8 Å². The van der Waals surface area contributed by atoms with Gasteiger partial charge in [-0.2, -0.15) is 4.98 Å². The number of rotatable bonds is 7. The lowest BCUT2D eigenvalue weighted by molar-refractivity contribution is -0.114. The van der Waals surface area contributed by atoms with E-state index in [1.54, 1.807) is 0 Å². The lowest BCUT2D eigenvalue weighted by atomic mass is 10.2. The molecule has 124 valence electrons. The fourth-order valence-corrected chi connectivity index (χ4v) is 1.94. The number of anilines is 2. The van der Waals surface area contributed by atoms with Gasteiger partial charge in [0.15, 0.2) is 5.82 Å². The summed E-state index contributed by atoms with van der Waals surface area (Å²) < 4.78 is 32.4. The van der Waals surface area contributed by atoms with Crippen LogP contribution in [0.2, 0.25) is 0 Å². The Kier molecular flexibility index (Phi) is 5.61. The van der Waals surface area contributed by atoms with Gasteiger partial charge in [0.05, 0.1) is 17.9 Å². The number of hydrogen-bond acceptors (Lipinski definition) is 5. The van der Waals surface area contributed by atoms with Crippen molar-refractivity contribution < 1.29 is 18.1 Å². The van der Waals surface area contributed by atoms with Crippen molar-refractivity contribution in [1.82, 2.24) is 10.1 Å². The van der Waals surface area contributed by atoms with E-state index in [0.29, 0.717) is 24.2 Å². The standard InChI is InChI=1S/C15H18F2N4O2/c1-3-4-5-15-20-14(21-23-15)8-18-12-7-13(19-9(2)22)11(17)6-10(12)16/h6-7,18H,3-5,8H2,1-2H3,(H,19,22). The van der Waals surface area contributed by atoms with Crippen LogP contribution in [0.5, 0.6) is 0 Å². The van der Waals surface area contributed by atoms with Crippen LogP contribution in [0.4, 0.5) is 20.2 Å². The fourth-order valence-electron chi connectivity index (χ4n) is 1.94. The second kappa shape index (κ2) is 7.66. The average Bonchev–Trinajstić information content (AvgIpc) is 2.94. The topological polar surface area (TPSA) is 80.0 Å². The Balaban J connectivity index is 2.04. The molecule has 0 fully saturated rings. The van der Waals surface area contributed by atoms with Gasteiger partial charge in [0.25, 0.3) is 0 Å². The molecule has 1 aromatic heterocycles. The molecule has 2 rings (SSSR count). The number of carbonyl (C=O) groups is 1. The highest BCUT2D eigenvalue weighted by atomic mass is 19.1. The summed E-state index contributed by atoms with van der Waals surface area (Å²) in [6, 6.07) is 1.89. The van der Waals surface area contributed by atoms with E-state index in [0.717, 1.165) is 12.8 Å². The minimum atomic E-state index is -0.843. The molecule has 0 saturated heterocycles. The zero-order valence-electron chi connectivity index (χ0n) is 12.9. The number of carbonyl (C=O) groups excluding carboxylic acids is 1. The summed E-state index contributed by atoms with van der Waals surface area (Å²) in [5.74, 6) is -1.15. The van der Waals surface area contributed by atoms with Crippen LogP contribution >= 0.6 is 0 Å². The van der Waals surface area contributed by atoms with Gasteiger partial charge in [-0.25, -0.2) is 8.78 Å². The summed E-state index contributed by atoms with van der Waals surface area (Å²) in [5.41, 5.74) is -0.0618. The Bertz CT molecular complexity index is 688. The van der Waals surface area contributed by atoms with Gasteiger partial charge in [0.1, 0.15) is 11.6 Å². The van der Waals surface area contributed by atoms with Gasteiger partial charge >= 0.3 is 0 Å². The molecule has 0 bridgehead atoms. The van der Waals surface area contributed by atoms with E-state index in [2.05, 4.69) is 27.7 Å². The molecule has 1 heterocycles. The smallest absolute Gasteiger partial charge is 0.226 e. The average molecular weight is 324 g/mol. The van der Waals surface area contributed by atoms with Crippen LogP contribution < -0.4 is 10.6 Å². The minimum absolute atomic E-state index is 0.0371. The molecule has 0 aliphatic carbocycles. The van der Waals surface area contributed by atoms with E-state index >= 15 is 0 Å². The number of nitrogens with one attached hydrogen (secondary N) is 2. The first kappa shape index (κ1) is 16.9. The molecule has 0 aliphatic heterocycles. The summed E-state index contributed by atoms with van der Waals surface area (Å²) in [6.07, 6.45) is 2.66. The molecule has 2 aromatic rings. The third-order valence-electron chi connectivity index (χ3n) is 3.06. The molecule has 6 nitrogen and oxygen atoms in total. The number of nitrogens with zero attached hydrogens (tertiary/aromatic N) is 2. The molecule has 8 heteroatoms. The number of amides is 1. The van der Waals surface area contributed by atoms with Gasteiger partial charge in [-0.15, -0.1) is 0 Å². The van der Waals surface area contributed by atoms with Crippen molar-refractivity contribution >= 4 is 17.3 Å². The highest BCUT2D eigenvalue weighted by molar-refractivity contribution is 5.89. The number of benzene rings is 1.